The molecule has 0 radical (unpaired) electrons. The van der Waals surface area contributed by atoms with Crippen LogP contribution in [0.25, 0.3) is 22.3 Å². The van der Waals surface area contributed by atoms with Crippen LogP contribution in [-0.4, -0.2) is 35.7 Å². The van der Waals surface area contributed by atoms with Crippen LogP contribution < -0.4 is 10.2 Å². The summed E-state index contributed by atoms with van der Waals surface area (Å²) in [5.74, 6) is 0. The molecule has 3 heterocycles. The summed E-state index contributed by atoms with van der Waals surface area (Å²) in [7, 11) is 2.00. The van der Waals surface area contributed by atoms with Crippen LogP contribution in [-0.2, 0) is 7.05 Å². The highest BCUT2D eigenvalue weighted by Gasteiger charge is 2.13. The van der Waals surface area contributed by atoms with Crippen LogP contribution >= 0.6 is 0 Å². The molecular weight excluding hydrogens is 298 g/mol. The molecule has 0 aliphatic carbocycles. The van der Waals surface area contributed by atoms with Gasteiger partial charge >= 0.3 is 0 Å². The molecule has 1 saturated heterocycles. The van der Waals surface area contributed by atoms with Gasteiger partial charge in [-0.25, -0.2) is 4.98 Å². The molecule has 4 rings (SSSR count). The van der Waals surface area contributed by atoms with Crippen LogP contribution in [0, 0.1) is 11.3 Å². The number of fused-ring (bicyclic) bond motifs is 1. The first kappa shape index (κ1) is 14.7. The minimum Gasteiger partial charge on any atom is -0.369 e. The van der Waals surface area contributed by atoms with E-state index in [9.17, 15) is 5.26 Å². The van der Waals surface area contributed by atoms with Crippen molar-refractivity contribution in [3.63, 3.8) is 0 Å². The largest absolute Gasteiger partial charge is 0.369 e. The Labute approximate surface area is 141 Å². The van der Waals surface area contributed by atoms with Crippen molar-refractivity contribution in [1.82, 2.24) is 14.9 Å². The second-order valence-electron chi connectivity index (χ2n) is 6.08. The summed E-state index contributed by atoms with van der Waals surface area (Å²) in [5, 5.41) is 13.6. The lowest BCUT2D eigenvalue weighted by Gasteiger charge is -2.29. The highest BCUT2D eigenvalue weighted by molar-refractivity contribution is 5.88. The van der Waals surface area contributed by atoms with E-state index in [0.717, 1.165) is 48.5 Å². The maximum atomic E-state index is 9.29. The Bertz CT molecular complexity index is 911. The van der Waals surface area contributed by atoms with Crippen molar-refractivity contribution in [2.24, 2.45) is 7.05 Å². The Balaban J connectivity index is 1.72. The van der Waals surface area contributed by atoms with Crippen LogP contribution in [0.15, 0.2) is 42.6 Å². The molecule has 5 nitrogen and oxygen atoms in total. The number of nitriles is 1. The molecular formula is C19H19N5. The maximum Gasteiger partial charge on any atom is 0.141 e. The van der Waals surface area contributed by atoms with Gasteiger partial charge in [0, 0.05) is 50.5 Å². The zero-order valence-electron chi connectivity index (χ0n) is 13.7. The summed E-state index contributed by atoms with van der Waals surface area (Å²) < 4.78 is 2.05. The molecule has 1 N–H and O–H groups in total. The molecule has 0 atom stereocenters. The molecule has 0 saturated carbocycles. The van der Waals surface area contributed by atoms with Gasteiger partial charge in [-0.2, -0.15) is 5.26 Å². The number of benzene rings is 1. The molecule has 0 spiro atoms. The standard InChI is InChI=1S/C19H19N5/c1-23-18(12-17-15(13-20)6-7-22-19(17)23)14-2-4-16(5-3-14)24-10-8-21-9-11-24/h2-7,12,21H,8-11H2,1H3. The highest BCUT2D eigenvalue weighted by atomic mass is 15.2. The summed E-state index contributed by atoms with van der Waals surface area (Å²) in [6.45, 7) is 4.16. The Morgan fingerprint density at radius 3 is 2.58 bits per heavy atom. The third-order valence-corrected chi connectivity index (χ3v) is 4.69. The number of anilines is 1. The number of aryl methyl sites for hydroxylation is 1. The average Bonchev–Trinajstić information content (AvgIpc) is 2.99. The van der Waals surface area contributed by atoms with Crippen LogP contribution in [0.3, 0.4) is 0 Å². The number of hydrogen-bond donors (Lipinski definition) is 1. The van der Waals surface area contributed by atoms with Gasteiger partial charge in [-0.15, -0.1) is 0 Å². The number of rotatable bonds is 2. The van der Waals surface area contributed by atoms with Crippen molar-refractivity contribution < 1.29 is 0 Å². The van der Waals surface area contributed by atoms with E-state index in [-0.39, 0.29) is 0 Å². The van der Waals surface area contributed by atoms with Crippen LogP contribution in [0.4, 0.5) is 5.69 Å². The van der Waals surface area contributed by atoms with E-state index in [4.69, 9.17) is 0 Å². The molecule has 1 aliphatic heterocycles. The number of pyridine rings is 1. The second-order valence-corrected chi connectivity index (χ2v) is 6.08. The van der Waals surface area contributed by atoms with Crippen LogP contribution in [0.5, 0.6) is 0 Å². The molecule has 0 bridgehead atoms. The number of aromatic nitrogens is 2. The minimum atomic E-state index is 0.666. The number of nitrogens with zero attached hydrogens (tertiary/aromatic N) is 4. The zero-order valence-corrected chi connectivity index (χ0v) is 13.7. The van der Waals surface area contributed by atoms with Crippen molar-refractivity contribution >= 4 is 16.7 Å². The second kappa shape index (κ2) is 5.99. The topological polar surface area (TPSA) is 56.9 Å². The summed E-state index contributed by atoms with van der Waals surface area (Å²) in [4.78, 5) is 6.82. The molecule has 0 amide bonds. The van der Waals surface area contributed by atoms with Gasteiger partial charge in [0.25, 0.3) is 0 Å². The van der Waals surface area contributed by atoms with E-state index in [1.807, 2.05) is 7.05 Å². The van der Waals surface area contributed by atoms with Gasteiger partial charge in [0.05, 0.1) is 17.3 Å². The quantitative estimate of drug-likeness (QED) is 0.789. The van der Waals surface area contributed by atoms with Crippen molar-refractivity contribution in [3.05, 3.63) is 48.2 Å². The Kier molecular flexibility index (Phi) is 3.68. The Hall–Kier alpha value is -2.84. The normalized spacial score (nSPS) is 14.8. The van der Waals surface area contributed by atoms with Crippen LogP contribution in [0.1, 0.15) is 5.56 Å². The molecule has 1 fully saturated rings. The predicted molar refractivity (Wildman–Crippen MR) is 95.9 cm³/mol. The van der Waals surface area contributed by atoms with Gasteiger partial charge in [-0.05, 0) is 29.8 Å². The Morgan fingerprint density at radius 1 is 1.12 bits per heavy atom. The predicted octanol–water partition coefficient (Wildman–Crippen LogP) is 2.52. The smallest absolute Gasteiger partial charge is 0.141 e. The fourth-order valence-corrected chi connectivity index (χ4v) is 3.36. The SMILES string of the molecule is Cn1c(-c2ccc(N3CCNCC3)cc2)cc2c(C#N)ccnc21. The number of hydrogen-bond acceptors (Lipinski definition) is 4. The first-order chi connectivity index (χ1) is 11.8. The average molecular weight is 317 g/mol. The summed E-state index contributed by atoms with van der Waals surface area (Å²) in [5.41, 5.74) is 4.98. The van der Waals surface area contributed by atoms with E-state index in [2.05, 4.69) is 56.2 Å². The summed E-state index contributed by atoms with van der Waals surface area (Å²) in [6, 6.07) is 14.7. The lowest BCUT2D eigenvalue weighted by atomic mass is 10.1. The number of nitrogens with one attached hydrogen (secondary N) is 1. The van der Waals surface area contributed by atoms with Crippen molar-refractivity contribution in [2.75, 3.05) is 31.1 Å². The first-order valence-corrected chi connectivity index (χ1v) is 8.18. The van der Waals surface area contributed by atoms with Gasteiger partial charge in [-0.3, -0.25) is 0 Å². The lowest BCUT2D eigenvalue weighted by molar-refractivity contribution is 0.589. The van der Waals surface area contributed by atoms with Gasteiger partial charge in [0.15, 0.2) is 0 Å². The third-order valence-electron chi connectivity index (χ3n) is 4.69. The van der Waals surface area contributed by atoms with E-state index >= 15 is 0 Å². The fraction of sp³-hybridized carbons (Fsp3) is 0.263. The summed E-state index contributed by atoms with van der Waals surface area (Å²) in [6.07, 6.45) is 1.69. The minimum absolute atomic E-state index is 0.666. The molecule has 3 aromatic rings. The molecule has 5 heteroatoms. The van der Waals surface area contributed by atoms with Crippen molar-refractivity contribution in [2.45, 2.75) is 0 Å². The maximum absolute atomic E-state index is 9.29. The van der Waals surface area contributed by atoms with Crippen molar-refractivity contribution in [3.8, 4) is 17.3 Å². The van der Waals surface area contributed by atoms with Gasteiger partial charge in [0.2, 0.25) is 0 Å². The highest BCUT2D eigenvalue weighted by Crippen LogP contribution is 2.29. The number of piperazine rings is 1. The molecule has 24 heavy (non-hydrogen) atoms. The van der Waals surface area contributed by atoms with Gasteiger partial charge < -0.3 is 14.8 Å². The van der Waals surface area contributed by atoms with Gasteiger partial charge in [0.1, 0.15) is 5.65 Å². The third kappa shape index (κ3) is 2.41. The summed E-state index contributed by atoms with van der Waals surface area (Å²) >= 11 is 0. The molecule has 1 aliphatic rings. The Morgan fingerprint density at radius 2 is 1.88 bits per heavy atom. The van der Waals surface area contributed by atoms with Crippen LogP contribution in [0.2, 0.25) is 0 Å². The van der Waals surface area contributed by atoms with Gasteiger partial charge in [-0.1, -0.05) is 12.1 Å². The van der Waals surface area contributed by atoms with Crippen molar-refractivity contribution in [1.29, 1.82) is 5.26 Å². The fourth-order valence-electron chi connectivity index (χ4n) is 3.36. The molecule has 120 valence electrons. The lowest BCUT2D eigenvalue weighted by Crippen LogP contribution is -2.43. The van der Waals surface area contributed by atoms with E-state index in [1.165, 1.54) is 5.69 Å². The van der Waals surface area contributed by atoms with E-state index in [0.29, 0.717) is 5.56 Å². The molecule has 2 aromatic heterocycles. The molecule has 1 aromatic carbocycles. The zero-order chi connectivity index (χ0) is 16.5. The molecule has 0 unspecified atom stereocenters. The van der Waals surface area contributed by atoms with E-state index < -0.39 is 0 Å². The first-order valence-electron chi connectivity index (χ1n) is 8.18. The monoisotopic (exact) mass is 317 g/mol. The van der Waals surface area contributed by atoms with E-state index in [1.54, 1.807) is 12.3 Å².